The molecule has 0 aliphatic rings. The van der Waals surface area contributed by atoms with Crippen molar-refractivity contribution in [3.8, 4) is 5.75 Å². The Labute approximate surface area is 199 Å². The van der Waals surface area contributed by atoms with Crippen molar-refractivity contribution in [3.05, 3.63) is 80.8 Å². The molecule has 8 heteroatoms. The second-order valence-electron chi connectivity index (χ2n) is 7.61. The van der Waals surface area contributed by atoms with Crippen molar-refractivity contribution in [2.24, 2.45) is 10.8 Å². The zero-order chi connectivity index (χ0) is 23.4. The van der Waals surface area contributed by atoms with Crippen LogP contribution in [-0.2, 0) is 11.2 Å². The number of carbonyl (C=O) groups is 1. The molecule has 0 atom stereocenters. The molecule has 1 aromatic heterocycles. The molecule has 0 radical (unpaired) electrons. The topological polar surface area (TPSA) is 99.6 Å². The third-order valence-corrected chi connectivity index (χ3v) is 5.73. The van der Waals surface area contributed by atoms with Crippen LogP contribution in [0.5, 0.6) is 5.75 Å². The van der Waals surface area contributed by atoms with Crippen molar-refractivity contribution in [1.29, 1.82) is 0 Å². The molecule has 1 heterocycles. The van der Waals surface area contributed by atoms with E-state index in [1.54, 1.807) is 18.3 Å². The molecule has 0 aliphatic heterocycles. The van der Waals surface area contributed by atoms with Gasteiger partial charge in [-0.3, -0.25) is 9.59 Å². The van der Waals surface area contributed by atoms with E-state index >= 15 is 0 Å². The standard InChI is InChI=1S/C25H23BrN4O3/c1-2-3-8-24-29-21-11-10-17(26)13-19(21)25(32)30(24)28-14-20-18-7-5-4-6-16(18)9-12-22(20)33-15-23(27)31/h4-7,9-14H,2-3,8,15H2,1H3,(H2,27,31). The van der Waals surface area contributed by atoms with Crippen molar-refractivity contribution in [3.63, 3.8) is 0 Å². The van der Waals surface area contributed by atoms with E-state index in [-0.39, 0.29) is 12.2 Å². The second kappa shape index (κ2) is 9.95. The van der Waals surface area contributed by atoms with Crippen molar-refractivity contribution >= 4 is 49.7 Å². The van der Waals surface area contributed by atoms with Crippen molar-refractivity contribution < 1.29 is 9.53 Å². The molecule has 0 aliphatic carbocycles. The number of fused-ring (bicyclic) bond motifs is 2. The van der Waals surface area contributed by atoms with E-state index in [9.17, 15) is 9.59 Å². The molecule has 33 heavy (non-hydrogen) atoms. The van der Waals surface area contributed by atoms with E-state index in [1.807, 2.05) is 42.5 Å². The average Bonchev–Trinajstić information content (AvgIpc) is 2.81. The van der Waals surface area contributed by atoms with Crippen LogP contribution in [0.1, 0.15) is 31.2 Å². The first kappa shape index (κ1) is 22.7. The lowest BCUT2D eigenvalue weighted by atomic mass is 10.0. The Morgan fingerprint density at radius 2 is 2.00 bits per heavy atom. The molecule has 0 unspecified atom stereocenters. The van der Waals surface area contributed by atoms with Gasteiger partial charge in [0.2, 0.25) is 0 Å². The predicted molar refractivity (Wildman–Crippen MR) is 134 cm³/mol. The predicted octanol–water partition coefficient (Wildman–Crippen LogP) is 4.40. The normalized spacial score (nSPS) is 11.5. The lowest BCUT2D eigenvalue weighted by Crippen LogP contribution is -2.23. The summed E-state index contributed by atoms with van der Waals surface area (Å²) in [6.07, 6.45) is 4.05. The summed E-state index contributed by atoms with van der Waals surface area (Å²) in [6.45, 7) is 1.83. The van der Waals surface area contributed by atoms with E-state index < -0.39 is 5.91 Å². The number of primary amides is 1. The highest BCUT2D eigenvalue weighted by Gasteiger charge is 2.13. The molecule has 4 aromatic rings. The van der Waals surface area contributed by atoms with Crippen LogP contribution in [0.15, 0.2) is 69.0 Å². The first-order valence-electron chi connectivity index (χ1n) is 10.7. The maximum atomic E-state index is 13.3. The highest BCUT2D eigenvalue weighted by Crippen LogP contribution is 2.27. The first-order valence-corrected chi connectivity index (χ1v) is 11.5. The number of ether oxygens (including phenoxy) is 1. The van der Waals surface area contributed by atoms with Crippen LogP contribution in [-0.4, -0.2) is 28.4 Å². The van der Waals surface area contributed by atoms with Gasteiger partial charge in [-0.1, -0.05) is 59.6 Å². The summed E-state index contributed by atoms with van der Waals surface area (Å²) in [5.74, 6) is 0.470. The van der Waals surface area contributed by atoms with Gasteiger partial charge in [-0.2, -0.15) is 9.78 Å². The number of benzene rings is 3. The number of hydrogen-bond donors (Lipinski definition) is 1. The van der Waals surface area contributed by atoms with E-state index in [0.717, 1.165) is 28.1 Å². The molecule has 7 nitrogen and oxygen atoms in total. The largest absolute Gasteiger partial charge is 0.483 e. The number of aromatic nitrogens is 2. The van der Waals surface area contributed by atoms with E-state index in [0.29, 0.717) is 34.5 Å². The maximum absolute atomic E-state index is 13.3. The SMILES string of the molecule is CCCCc1nc2ccc(Br)cc2c(=O)n1N=Cc1c(OCC(N)=O)ccc2ccccc12. The zero-order valence-electron chi connectivity index (χ0n) is 18.1. The highest BCUT2D eigenvalue weighted by molar-refractivity contribution is 9.10. The Hall–Kier alpha value is -3.52. The number of carbonyl (C=O) groups excluding carboxylic acids is 1. The number of hydrogen-bond acceptors (Lipinski definition) is 5. The summed E-state index contributed by atoms with van der Waals surface area (Å²) in [5.41, 5.74) is 6.30. The molecule has 1 amide bonds. The fraction of sp³-hybridized carbons (Fsp3) is 0.200. The van der Waals surface area contributed by atoms with Gasteiger partial charge < -0.3 is 10.5 Å². The minimum atomic E-state index is -0.576. The number of unbranched alkanes of at least 4 members (excludes halogenated alkanes) is 1. The number of aryl methyl sites for hydroxylation is 1. The van der Waals surface area contributed by atoms with Crippen LogP contribution in [0.25, 0.3) is 21.7 Å². The number of rotatable bonds is 8. The molecule has 4 rings (SSSR count). The molecule has 0 saturated carbocycles. The smallest absolute Gasteiger partial charge is 0.282 e. The molecule has 0 saturated heterocycles. The van der Waals surface area contributed by atoms with Gasteiger partial charge in [0.1, 0.15) is 11.6 Å². The van der Waals surface area contributed by atoms with Gasteiger partial charge in [-0.05, 0) is 41.5 Å². The summed E-state index contributed by atoms with van der Waals surface area (Å²) in [7, 11) is 0. The molecule has 0 fully saturated rings. The van der Waals surface area contributed by atoms with Gasteiger partial charge in [-0.15, -0.1) is 0 Å². The number of nitrogens with two attached hydrogens (primary N) is 1. The number of amides is 1. The van der Waals surface area contributed by atoms with Gasteiger partial charge in [0.25, 0.3) is 11.5 Å². The molecular weight excluding hydrogens is 484 g/mol. The van der Waals surface area contributed by atoms with Crippen LogP contribution in [0.4, 0.5) is 0 Å². The van der Waals surface area contributed by atoms with Gasteiger partial charge in [0.05, 0.1) is 17.1 Å². The Balaban J connectivity index is 1.88. The second-order valence-corrected chi connectivity index (χ2v) is 8.52. The number of nitrogens with zero attached hydrogens (tertiary/aromatic N) is 3. The maximum Gasteiger partial charge on any atom is 0.282 e. The van der Waals surface area contributed by atoms with Crippen LogP contribution < -0.4 is 16.0 Å². The van der Waals surface area contributed by atoms with Crippen molar-refractivity contribution in [1.82, 2.24) is 9.66 Å². The van der Waals surface area contributed by atoms with E-state index in [1.165, 1.54) is 4.68 Å². The van der Waals surface area contributed by atoms with Crippen LogP contribution >= 0.6 is 15.9 Å². The molecule has 2 N–H and O–H groups in total. The molecule has 168 valence electrons. The molecular formula is C25H23BrN4O3. The van der Waals surface area contributed by atoms with Gasteiger partial charge in [-0.25, -0.2) is 4.98 Å². The van der Waals surface area contributed by atoms with Gasteiger partial charge in [0, 0.05) is 16.5 Å². The summed E-state index contributed by atoms with van der Waals surface area (Å²) in [4.78, 5) is 29.3. The first-order chi connectivity index (χ1) is 16.0. The van der Waals surface area contributed by atoms with E-state index in [2.05, 4.69) is 28.0 Å². The lowest BCUT2D eigenvalue weighted by Gasteiger charge is -2.12. The summed E-state index contributed by atoms with van der Waals surface area (Å²) < 4.78 is 7.78. The van der Waals surface area contributed by atoms with Crippen LogP contribution in [0, 0.1) is 0 Å². The summed E-state index contributed by atoms with van der Waals surface area (Å²) in [6, 6.07) is 16.9. The summed E-state index contributed by atoms with van der Waals surface area (Å²) >= 11 is 3.42. The lowest BCUT2D eigenvalue weighted by molar-refractivity contribution is -0.119. The Kier molecular flexibility index (Phi) is 6.84. The molecule has 0 spiro atoms. The number of halogens is 1. The van der Waals surface area contributed by atoms with Crippen molar-refractivity contribution in [2.45, 2.75) is 26.2 Å². The fourth-order valence-electron chi connectivity index (χ4n) is 3.61. The average molecular weight is 507 g/mol. The minimum Gasteiger partial charge on any atom is -0.483 e. The molecule has 0 bridgehead atoms. The van der Waals surface area contributed by atoms with Gasteiger partial charge >= 0.3 is 0 Å². The monoisotopic (exact) mass is 506 g/mol. The Morgan fingerprint density at radius 1 is 1.18 bits per heavy atom. The van der Waals surface area contributed by atoms with Crippen LogP contribution in [0.2, 0.25) is 0 Å². The quantitative estimate of drug-likeness (QED) is 0.358. The Bertz CT molecular complexity index is 1430. The molecule has 3 aromatic carbocycles. The van der Waals surface area contributed by atoms with Gasteiger partial charge in [0.15, 0.2) is 6.61 Å². The fourth-order valence-corrected chi connectivity index (χ4v) is 3.97. The third-order valence-electron chi connectivity index (χ3n) is 5.23. The highest BCUT2D eigenvalue weighted by atomic mass is 79.9. The third kappa shape index (κ3) is 4.96. The van der Waals surface area contributed by atoms with Crippen molar-refractivity contribution in [2.75, 3.05) is 6.61 Å². The minimum absolute atomic E-state index is 0.247. The Morgan fingerprint density at radius 3 is 2.79 bits per heavy atom. The zero-order valence-corrected chi connectivity index (χ0v) is 19.7. The van der Waals surface area contributed by atoms with E-state index in [4.69, 9.17) is 15.5 Å². The summed E-state index contributed by atoms with van der Waals surface area (Å²) in [5, 5.41) is 6.88. The van der Waals surface area contributed by atoms with Crippen LogP contribution in [0.3, 0.4) is 0 Å².